The molecular formula is C13H11NO2. The molecule has 1 aromatic rings. The molecule has 3 nitrogen and oxygen atoms in total. The molecule has 3 heteroatoms. The number of carbonyl (C=O) groups excluding carboxylic acids is 2. The van der Waals surface area contributed by atoms with E-state index < -0.39 is 5.78 Å². The third kappa shape index (κ3) is 1.87. The Kier molecular flexibility index (Phi) is 2.82. The summed E-state index contributed by atoms with van der Waals surface area (Å²) in [5, 5.41) is 9.01. The molecule has 80 valence electrons. The molecule has 0 N–H and O–H groups in total. The zero-order valence-electron chi connectivity index (χ0n) is 8.72. The van der Waals surface area contributed by atoms with Gasteiger partial charge in [-0.1, -0.05) is 30.3 Å². The van der Waals surface area contributed by atoms with E-state index in [1.807, 2.05) is 30.3 Å². The fourth-order valence-corrected chi connectivity index (χ4v) is 2.10. The minimum absolute atomic E-state index is 0.0644. The van der Waals surface area contributed by atoms with Crippen molar-refractivity contribution in [2.75, 3.05) is 0 Å². The molecule has 1 aliphatic carbocycles. The molecule has 1 aromatic carbocycles. The lowest BCUT2D eigenvalue weighted by Crippen LogP contribution is -2.30. The van der Waals surface area contributed by atoms with Crippen molar-refractivity contribution in [2.24, 2.45) is 5.92 Å². The van der Waals surface area contributed by atoms with Crippen LogP contribution in [0.2, 0.25) is 0 Å². The van der Waals surface area contributed by atoms with E-state index in [2.05, 4.69) is 6.07 Å². The third-order valence-corrected chi connectivity index (χ3v) is 3.00. The van der Waals surface area contributed by atoms with E-state index in [-0.39, 0.29) is 30.5 Å². The molecule has 2 unspecified atom stereocenters. The van der Waals surface area contributed by atoms with E-state index in [4.69, 9.17) is 5.26 Å². The van der Waals surface area contributed by atoms with Crippen LogP contribution in [0.3, 0.4) is 0 Å². The Labute approximate surface area is 93.7 Å². The lowest BCUT2D eigenvalue weighted by Gasteiger charge is -2.25. The van der Waals surface area contributed by atoms with E-state index >= 15 is 0 Å². The predicted molar refractivity (Wildman–Crippen MR) is 57.5 cm³/mol. The number of hydrogen-bond donors (Lipinski definition) is 0. The maximum atomic E-state index is 11.4. The highest BCUT2D eigenvalue weighted by Gasteiger charge is 2.35. The zero-order valence-corrected chi connectivity index (χ0v) is 8.72. The second-order valence-electron chi connectivity index (χ2n) is 4.01. The number of hydrogen-bond acceptors (Lipinski definition) is 3. The molecule has 0 bridgehead atoms. The predicted octanol–water partition coefficient (Wildman–Crippen LogP) is 1.84. The topological polar surface area (TPSA) is 57.9 Å². The highest BCUT2D eigenvalue weighted by atomic mass is 16.2. The Bertz CT molecular complexity index is 459. The summed E-state index contributed by atoms with van der Waals surface area (Å²) in [4.78, 5) is 22.6. The van der Waals surface area contributed by atoms with Crippen LogP contribution in [0, 0.1) is 17.2 Å². The van der Waals surface area contributed by atoms with Gasteiger partial charge in [0, 0.05) is 18.8 Å². The second kappa shape index (κ2) is 4.28. The van der Waals surface area contributed by atoms with Crippen molar-refractivity contribution in [3.63, 3.8) is 0 Å². The highest BCUT2D eigenvalue weighted by Crippen LogP contribution is 2.34. The molecule has 16 heavy (non-hydrogen) atoms. The molecule has 0 radical (unpaired) electrons. The maximum Gasteiger partial charge on any atom is 0.199 e. The summed E-state index contributed by atoms with van der Waals surface area (Å²) in [6, 6.07) is 11.6. The maximum absolute atomic E-state index is 11.4. The number of ketones is 2. The molecule has 1 fully saturated rings. The summed E-state index contributed by atoms with van der Waals surface area (Å²) in [6.07, 6.45) is 0.232. The van der Waals surface area contributed by atoms with Crippen molar-refractivity contribution >= 4 is 11.6 Å². The monoisotopic (exact) mass is 213 g/mol. The first kappa shape index (κ1) is 10.6. The van der Waals surface area contributed by atoms with Gasteiger partial charge in [0.05, 0.1) is 12.0 Å². The summed E-state index contributed by atoms with van der Waals surface area (Å²) < 4.78 is 0. The molecule has 0 spiro atoms. The summed E-state index contributed by atoms with van der Waals surface area (Å²) in [6.45, 7) is 0. The van der Waals surface area contributed by atoms with Gasteiger partial charge in [0.15, 0.2) is 11.6 Å². The van der Waals surface area contributed by atoms with E-state index in [0.29, 0.717) is 0 Å². The van der Waals surface area contributed by atoms with Crippen molar-refractivity contribution in [2.45, 2.75) is 18.8 Å². The van der Waals surface area contributed by atoms with Gasteiger partial charge in [0.25, 0.3) is 0 Å². The average molecular weight is 213 g/mol. The summed E-state index contributed by atoms with van der Waals surface area (Å²) in [7, 11) is 0. The number of benzene rings is 1. The number of nitriles is 1. The van der Waals surface area contributed by atoms with Crippen LogP contribution < -0.4 is 0 Å². The standard InChI is InChI=1S/C13H11NO2/c14-8-10-6-12(15)13(16)7-11(10)9-4-2-1-3-5-9/h1-5,10-11H,6-7H2. The average Bonchev–Trinajstić information content (AvgIpc) is 2.33. The smallest absolute Gasteiger partial charge is 0.199 e. The molecule has 1 saturated carbocycles. The van der Waals surface area contributed by atoms with Gasteiger partial charge in [-0.05, 0) is 5.56 Å². The largest absolute Gasteiger partial charge is 0.291 e. The summed E-state index contributed by atoms with van der Waals surface area (Å²) >= 11 is 0. The number of Topliss-reactive ketones (excluding diaryl/α,β-unsaturated/α-hetero) is 2. The van der Waals surface area contributed by atoms with Gasteiger partial charge in [-0.3, -0.25) is 9.59 Å². The van der Waals surface area contributed by atoms with Gasteiger partial charge in [-0.2, -0.15) is 5.26 Å². The molecule has 0 amide bonds. The molecule has 0 heterocycles. The van der Waals surface area contributed by atoms with E-state index in [0.717, 1.165) is 5.56 Å². The first-order valence-corrected chi connectivity index (χ1v) is 5.23. The molecule has 0 saturated heterocycles. The van der Waals surface area contributed by atoms with E-state index in [9.17, 15) is 9.59 Å². The van der Waals surface area contributed by atoms with E-state index in [1.165, 1.54) is 0 Å². The van der Waals surface area contributed by atoms with Crippen LogP contribution in [-0.2, 0) is 9.59 Å². The Hall–Kier alpha value is -1.95. The van der Waals surface area contributed by atoms with Gasteiger partial charge >= 0.3 is 0 Å². The van der Waals surface area contributed by atoms with Crippen LogP contribution in [0.1, 0.15) is 24.3 Å². The van der Waals surface area contributed by atoms with Gasteiger partial charge < -0.3 is 0 Å². The van der Waals surface area contributed by atoms with Crippen molar-refractivity contribution in [1.82, 2.24) is 0 Å². The summed E-state index contributed by atoms with van der Waals surface area (Å²) in [5.41, 5.74) is 0.968. The Morgan fingerprint density at radius 1 is 1.06 bits per heavy atom. The van der Waals surface area contributed by atoms with Crippen molar-refractivity contribution < 1.29 is 9.59 Å². The lowest BCUT2D eigenvalue weighted by molar-refractivity contribution is -0.139. The van der Waals surface area contributed by atoms with Gasteiger partial charge in [0.2, 0.25) is 0 Å². The second-order valence-corrected chi connectivity index (χ2v) is 4.01. The molecule has 2 rings (SSSR count). The fraction of sp³-hybridized carbons (Fsp3) is 0.308. The van der Waals surface area contributed by atoms with Crippen LogP contribution in [0.15, 0.2) is 30.3 Å². The minimum Gasteiger partial charge on any atom is -0.291 e. The normalized spacial score (nSPS) is 25.2. The molecule has 0 aromatic heterocycles. The molecule has 0 aliphatic heterocycles. The number of rotatable bonds is 1. The Morgan fingerprint density at radius 2 is 1.69 bits per heavy atom. The third-order valence-electron chi connectivity index (χ3n) is 3.00. The fourth-order valence-electron chi connectivity index (χ4n) is 2.10. The van der Waals surface area contributed by atoms with Crippen molar-refractivity contribution in [3.05, 3.63) is 35.9 Å². The van der Waals surface area contributed by atoms with Crippen LogP contribution in [0.25, 0.3) is 0 Å². The van der Waals surface area contributed by atoms with E-state index in [1.54, 1.807) is 0 Å². The van der Waals surface area contributed by atoms with Gasteiger partial charge in [0.1, 0.15) is 0 Å². The lowest BCUT2D eigenvalue weighted by atomic mass is 9.75. The van der Waals surface area contributed by atoms with Crippen LogP contribution in [-0.4, -0.2) is 11.6 Å². The highest BCUT2D eigenvalue weighted by molar-refractivity contribution is 6.38. The quantitative estimate of drug-likeness (QED) is 0.669. The molecule has 1 aliphatic rings. The molecular weight excluding hydrogens is 202 g/mol. The summed E-state index contributed by atoms with van der Waals surface area (Å²) in [5.74, 6) is -1.25. The Morgan fingerprint density at radius 3 is 2.31 bits per heavy atom. The SMILES string of the molecule is N#CC1CC(=O)C(=O)CC1c1ccccc1. The van der Waals surface area contributed by atoms with Crippen LogP contribution in [0.4, 0.5) is 0 Å². The molecule has 2 atom stereocenters. The Balaban J connectivity index is 2.30. The van der Waals surface area contributed by atoms with Crippen molar-refractivity contribution in [3.8, 4) is 6.07 Å². The number of nitrogens with zero attached hydrogens (tertiary/aromatic N) is 1. The van der Waals surface area contributed by atoms with Gasteiger partial charge in [-0.25, -0.2) is 0 Å². The first-order chi connectivity index (χ1) is 7.72. The van der Waals surface area contributed by atoms with Crippen molar-refractivity contribution in [1.29, 1.82) is 5.26 Å². The van der Waals surface area contributed by atoms with Gasteiger partial charge in [-0.15, -0.1) is 0 Å². The van der Waals surface area contributed by atoms with Crippen LogP contribution in [0.5, 0.6) is 0 Å². The number of carbonyl (C=O) groups is 2. The zero-order chi connectivity index (χ0) is 11.5. The van der Waals surface area contributed by atoms with Crippen LogP contribution >= 0.6 is 0 Å². The minimum atomic E-state index is -0.404. The first-order valence-electron chi connectivity index (χ1n) is 5.23.